The summed E-state index contributed by atoms with van der Waals surface area (Å²) in [6.45, 7) is 12.8. The number of phenols is 1. The van der Waals surface area contributed by atoms with Crippen molar-refractivity contribution >= 4 is 6.41 Å². The Morgan fingerprint density at radius 1 is 1.19 bits per heavy atom. The first-order chi connectivity index (χ1) is 13.0. The van der Waals surface area contributed by atoms with Gasteiger partial charge in [-0.15, -0.1) is 0 Å². The standard InChI is InChI=1S/C10H13NO.C9H18N2O.C3H8/c1-11-5-4-8-2-3-10(12)6-9(8)7-11;1-9-2-5-11(6-3-9)7-4-10-8-12;1-3-2/h2-3,6,12H,4-5,7H2,1H3;8-9H,2-7H2,1H3,(H,10,12);3H2,1-2H3. The smallest absolute Gasteiger partial charge is 0.207 e. The highest BCUT2D eigenvalue weighted by Gasteiger charge is 2.14. The van der Waals surface area contributed by atoms with Crippen molar-refractivity contribution in [3.8, 4) is 5.75 Å². The molecule has 1 amide bonds. The summed E-state index contributed by atoms with van der Waals surface area (Å²) in [6.07, 6.45) is 5.74. The van der Waals surface area contributed by atoms with Crippen LogP contribution < -0.4 is 5.32 Å². The van der Waals surface area contributed by atoms with Gasteiger partial charge in [-0.05, 0) is 68.6 Å². The van der Waals surface area contributed by atoms with Crippen LogP contribution in [0.1, 0.15) is 51.2 Å². The van der Waals surface area contributed by atoms with Gasteiger partial charge in [0, 0.05) is 26.2 Å². The van der Waals surface area contributed by atoms with E-state index in [4.69, 9.17) is 0 Å². The number of likely N-dealkylation sites (N-methyl/N-ethyl adjacent to an activating group) is 1. The van der Waals surface area contributed by atoms with Gasteiger partial charge in [-0.3, -0.25) is 4.79 Å². The lowest BCUT2D eigenvalue weighted by Crippen LogP contribution is -2.37. The first kappa shape index (κ1) is 23.4. The molecule has 0 radical (unpaired) electrons. The number of aromatic hydroxyl groups is 1. The Kier molecular flexibility index (Phi) is 11.8. The first-order valence-electron chi connectivity index (χ1n) is 10.4. The van der Waals surface area contributed by atoms with Crippen LogP contribution in [0, 0.1) is 5.92 Å². The summed E-state index contributed by atoms with van der Waals surface area (Å²) in [5.74, 6) is 1.27. The molecular weight excluding hydrogens is 338 g/mol. The summed E-state index contributed by atoms with van der Waals surface area (Å²) < 4.78 is 0. The normalized spacial score (nSPS) is 17.6. The van der Waals surface area contributed by atoms with Crippen molar-refractivity contribution < 1.29 is 9.90 Å². The van der Waals surface area contributed by atoms with Gasteiger partial charge in [-0.2, -0.15) is 0 Å². The van der Waals surface area contributed by atoms with Crippen LogP contribution in [0.4, 0.5) is 0 Å². The fraction of sp³-hybridized carbons (Fsp3) is 0.682. The second-order valence-electron chi connectivity index (χ2n) is 7.74. The molecule has 3 rings (SSSR count). The number of fused-ring (bicyclic) bond motifs is 1. The predicted molar refractivity (Wildman–Crippen MR) is 113 cm³/mol. The van der Waals surface area contributed by atoms with Crippen LogP contribution in [-0.4, -0.2) is 61.1 Å². The van der Waals surface area contributed by atoms with Crippen molar-refractivity contribution in [1.82, 2.24) is 15.1 Å². The minimum atomic E-state index is 0.379. The number of amides is 1. The van der Waals surface area contributed by atoms with Crippen molar-refractivity contribution in [2.45, 2.75) is 53.0 Å². The van der Waals surface area contributed by atoms with E-state index in [2.05, 4.69) is 42.9 Å². The molecule has 2 aliphatic heterocycles. The molecule has 5 nitrogen and oxygen atoms in total. The molecule has 154 valence electrons. The Labute approximate surface area is 165 Å². The molecule has 0 aliphatic carbocycles. The molecule has 0 atom stereocenters. The van der Waals surface area contributed by atoms with E-state index in [1.807, 2.05) is 12.1 Å². The Morgan fingerprint density at radius 3 is 2.48 bits per heavy atom. The molecule has 0 unspecified atom stereocenters. The van der Waals surface area contributed by atoms with E-state index >= 15 is 0 Å². The average Bonchev–Trinajstić information content (AvgIpc) is 2.64. The van der Waals surface area contributed by atoms with E-state index in [9.17, 15) is 9.90 Å². The lowest BCUT2D eigenvalue weighted by molar-refractivity contribution is -0.109. The number of hydrogen-bond donors (Lipinski definition) is 2. The molecule has 2 aliphatic rings. The summed E-state index contributed by atoms with van der Waals surface area (Å²) in [7, 11) is 2.10. The van der Waals surface area contributed by atoms with Gasteiger partial charge in [0.25, 0.3) is 0 Å². The third kappa shape index (κ3) is 9.78. The molecule has 0 spiro atoms. The number of piperidine rings is 1. The zero-order chi connectivity index (χ0) is 20.1. The molecule has 1 saturated heterocycles. The third-order valence-corrected chi connectivity index (χ3v) is 4.92. The maximum absolute atomic E-state index is 9.97. The van der Waals surface area contributed by atoms with Crippen LogP contribution in [0.3, 0.4) is 0 Å². The highest BCUT2D eigenvalue weighted by Crippen LogP contribution is 2.21. The fourth-order valence-electron chi connectivity index (χ4n) is 3.25. The van der Waals surface area contributed by atoms with Crippen LogP contribution in [0.2, 0.25) is 0 Å². The highest BCUT2D eigenvalue weighted by molar-refractivity contribution is 5.45. The Hall–Kier alpha value is -1.59. The maximum Gasteiger partial charge on any atom is 0.207 e. The predicted octanol–water partition coefficient (Wildman–Crippen LogP) is 3.26. The van der Waals surface area contributed by atoms with Crippen molar-refractivity contribution in [2.75, 3.05) is 39.8 Å². The lowest BCUT2D eigenvalue weighted by Gasteiger charge is -2.29. The van der Waals surface area contributed by atoms with E-state index in [1.165, 1.54) is 43.5 Å². The van der Waals surface area contributed by atoms with Gasteiger partial charge in [0.15, 0.2) is 0 Å². The fourth-order valence-corrected chi connectivity index (χ4v) is 3.25. The Morgan fingerprint density at radius 2 is 1.85 bits per heavy atom. The van der Waals surface area contributed by atoms with Gasteiger partial charge in [0.05, 0.1) is 0 Å². The number of nitrogens with zero attached hydrogens (tertiary/aromatic N) is 2. The Bertz CT molecular complexity index is 528. The molecule has 1 fully saturated rings. The summed E-state index contributed by atoms with van der Waals surface area (Å²) in [5, 5.41) is 11.9. The molecule has 1 aromatic rings. The molecule has 1 aromatic carbocycles. The van der Waals surface area contributed by atoms with Gasteiger partial charge in [-0.1, -0.05) is 33.3 Å². The van der Waals surface area contributed by atoms with E-state index in [-0.39, 0.29) is 0 Å². The van der Waals surface area contributed by atoms with Gasteiger partial charge in [-0.25, -0.2) is 0 Å². The van der Waals surface area contributed by atoms with E-state index in [0.29, 0.717) is 5.75 Å². The SMILES string of the molecule is CC1CCN(CCNC=O)CC1.CCC.CN1CCc2ccc(O)cc2C1. The summed E-state index contributed by atoms with van der Waals surface area (Å²) in [4.78, 5) is 14.6. The molecule has 0 bridgehead atoms. The summed E-state index contributed by atoms with van der Waals surface area (Å²) >= 11 is 0. The molecule has 5 heteroatoms. The number of carbonyl (C=O) groups is 1. The molecule has 2 heterocycles. The number of benzene rings is 1. The quantitative estimate of drug-likeness (QED) is 0.625. The zero-order valence-electron chi connectivity index (χ0n) is 17.7. The van der Waals surface area contributed by atoms with Crippen LogP contribution in [0.25, 0.3) is 0 Å². The number of hydrogen-bond acceptors (Lipinski definition) is 4. The van der Waals surface area contributed by atoms with Crippen LogP contribution in [0.5, 0.6) is 5.75 Å². The zero-order valence-corrected chi connectivity index (χ0v) is 17.7. The first-order valence-corrected chi connectivity index (χ1v) is 10.4. The molecule has 27 heavy (non-hydrogen) atoms. The molecule has 2 N–H and O–H groups in total. The van der Waals surface area contributed by atoms with Crippen LogP contribution in [-0.2, 0) is 17.8 Å². The van der Waals surface area contributed by atoms with E-state index in [1.54, 1.807) is 6.07 Å². The maximum atomic E-state index is 9.97. The van der Waals surface area contributed by atoms with Crippen molar-refractivity contribution in [2.24, 2.45) is 5.92 Å². The van der Waals surface area contributed by atoms with Crippen molar-refractivity contribution in [1.29, 1.82) is 0 Å². The number of carbonyl (C=O) groups excluding carboxylic acids is 1. The molecule has 0 saturated carbocycles. The van der Waals surface area contributed by atoms with Crippen molar-refractivity contribution in [3.63, 3.8) is 0 Å². The number of nitrogens with one attached hydrogen (secondary N) is 1. The number of rotatable bonds is 4. The monoisotopic (exact) mass is 377 g/mol. The van der Waals surface area contributed by atoms with Gasteiger partial charge >= 0.3 is 0 Å². The van der Waals surface area contributed by atoms with E-state index < -0.39 is 0 Å². The van der Waals surface area contributed by atoms with Crippen molar-refractivity contribution in [3.05, 3.63) is 29.3 Å². The number of likely N-dealkylation sites (tertiary alicyclic amines) is 1. The van der Waals surface area contributed by atoms with Gasteiger partial charge in [0.1, 0.15) is 5.75 Å². The largest absolute Gasteiger partial charge is 0.508 e. The van der Waals surface area contributed by atoms with Gasteiger partial charge in [0.2, 0.25) is 6.41 Å². The average molecular weight is 378 g/mol. The second-order valence-corrected chi connectivity index (χ2v) is 7.74. The van der Waals surface area contributed by atoms with Crippen LogP contribution in [0.15, 0.2) is 18.2 Å². The van der Waals surface area contributed by atoms with Gasteiger partial charge < -0.3 is 20.2 Å². The third-order valence-electron chi connectivity index (χ3n) is 4.92. The summed E-state index contributed by atoms with van der Waals surface area (Å²) in [5.41, 5.74) is 2.65. The topological polar surface area (TPSA) is 55.8 Å². The van der Waals surface area contributed by atoms with Crippen LogP contribution >= 0.6 is 0 Å². The minimum Gasteiger partial charge on any atom is -0.508 e. The minimum absolute atomic E-state index is 0.379. The summed E-state index contributed by atoms with van der Waals surface area (Å²) in [6, 6.07) is 5.66. The Balaban J connectivity index is 0.000000236. The van der Waals surface area contributed by atoms with E-state index in [0.717, 1.165) is 44.9 Å². The number of phenolic OH excluding ortho intramolecular Hbond substituents is 1. The highest BCUT2D eigenvalue weighted by atomic mass is 16.3. The molecular formula is C22H39N3O2. The lowest BCUT2D eigenvalue weighted by atomic mass is 9.99. The second kappa shape index (κ2) is 13.6. The molecule has 0 aromatic heterocycles.